The van der Waals surface area contributed by atoms with Gasteiger partial charge in [0.15, 0.2) is 0 Å². The summed E-state index contributed by atoms with van der Waals surface area (Å²) in [5.41, 5.74) is 7.03. The van der Waals surface area contributed by atoms with Gasteiger partial charge >= 0.3 is 0 Å². The number of rotatable bonds is 8. The molecule has 0 fully saturated rings. The van der Waals surface area contributed by atoms with E-state index < -0.39 is 0 Å². The molecule has 0 radical (unpaired) electrons. The minimum absolute atomic E-state index is 0.132. The molecule has 0 saturated heterocycles. The first-order valence-electron chi connectivity index (χ1n) is 6.33. The van der Waals surface area contributed by atoms with E-state index in [1.54, 1.807) is 0 Å². The van der Waals surface area contributed by atoms with Crippen LogP contribution in [0, 0.1) is 0 Å². The Bertz CT molecular complexity index is 316. The van der Waals surface area contributed by atoms with Crippen molar-refractivity contribution in [3.8, 4) is 0 Å². The van der Waals surface area contributed by atoms with Crippen molar-refractivity contribution in [2.24, 2.45) is 5.73 Å². The lowest BCUT2D eigenvalue weighted by Crippen LogP contribution is -2.04. The first-order chi connectivity index (χ1) is 8.24. The lowest BCUT2D eigenvalue weighted by molar-refractivity contribution is 0.735. The molecule has 94 valence electrons. The van der Waals surface area contributed by atoms with Gasteiger partial charge in [-0.05, 0) is 49.6 Å². The average molecular weight is 249 g/mol. The number of benzene rings is 1. The maximum absolute atomic E-state index is 5.82. The van der Waals surface area contributed by atoms with E-state index in [1.165, 1.54) is 35.5 Å². The quantitative estimate of drug-likeness (QED) is 0.416. The van der Waals surface area contributed by atoms with E-state index in [-0.39, 0.29) is 6.04 Å². The van der Waals surface area contributed by atoms with Crippen LogP contribution in [0.3, 0.4) is 0 Å². The highest BCUT2D eigenvalue weighted by Crippen LogP contribution is 2.21. The van der Waals surface area contributed by atoms with Crippen molar-refractivity contribution in [3.63, 3.8) is 0 Å². The second kappa shape index (κ2) is 8.37. The van der Waals surface area contributed by atoms with Crippen LogP contribution >= 0.6 is 11.8 Å². The minimum atomic E-state index is 0.132. The molecule has 1 atom stereocenters. The van der Waals surface area contributed by atoms with Crippen molar-refractivity contribution in [1.82, 2.24) is 0 Å². The van der Waals surface area contributed by atoms with Crippen LogP contribution in [-0.2, 0) is 0 Å². The summed E-state index contributed by atoms with van der Waals surface area (Å²) in [6.07, 6.45) is 7.01. The highest BCUT2D eigenvalue weighted by atomic mass is 32.2. The topological polar surface area (TPSA) is 26.0 Å². The molecule has 17 heavy (non-hydrogen) atoms. The van der Waals surface area contributed by atoms with Crippen LogP contribution in [0.4, 0.5) is 0 Å². The van der Waals surface area contributed by atoms with Gasteiger partial charge in [0.2, 0.25) is 0 Å². The van der Waals surface area contributed by atoms with E-state index in [0.717, 1.165) is 6.42 Å². The Labute approximate surface area is 109 Å². The maximum Gasteiger partial charge on any atom is 0.0266 e. The van der Waals surface area contributed by atoms with Crippen molar-refractivity contribution in [1.29, 1.82) is 0 Å². The fraction of sp³-hybridized carbons (Fsp3) is 0.467. The first kappa shape index (κ1) is 14.3. The molecule has 0 spiro atoms. The molecular formula is C15H23NS. The Kier molecular flexibility index (Phi) is 7.06. The molecule has 0 aliphatic heterocycles. The monoisotopic (exact) mass is 249 g/mol. The van der Waals surface area contributed by atoms with Crippen LogP contribution in [0.1, 0.15) is 44.2 Å². The fourth-order valence-electron chi connectivity index (χ4n) is 1.63. The van der Waals surface area contributed by atoms with Crippen LogP contribution in [0.15, 0.2) is 41.8 Å². The molecular weight excluding hydrogens is 226 g/mol. The lowest BCUT2D eigenvalue weighted by atomic mass is 10.1. The van der Waals surface area contributed by atoms with Crippen LogP contribution in [-0.4, -0.2) is 5.75 Å². The third kappa shape index (κ3) is 5.94. The second-order valence-corrected chi connectivity index (χ2v) is 5.51. The van der Waals surface area contributed by atoms with E-state index in [4.69, 9.17) is 5.73 Å². The molecule has 0 saturated carbocycles. The van der Waals surface area contributed by atoms with Crippen molar-refractivity contribution < 1.29 is 0 Å². The molecule has 0 bridgehead atoms. The van der Waals surface area contributed by atoms with Crippen LogP contribution in [0.25, 0.3) is 0 Å². The predicted molar refractivity (Wildman–Crippen MR) is 78.4 cm³/mol. The molecule has 0 heterocycles. The third-order valence-electron chi connectivity index (χ3n) is 2.73. The molecule has 2 N–H and O–H groups in total. The van der Waals surface area contributed by atoms with Gasteiger partial charge in [-0.2, -0.15) is 0 Å². The number of allylic oxidation sites excluding steroid dienone is 1. The Morgan fingerprint density at radius 2 is 1.94 bits per heavy atom. The van der Waals surface area contributed by atoms with E-state index in [2.05, 4.69) is 30.8 Å². The van der Waals surface area contributed by atoms with Gasteiger partial charge in [-0.3, -0.25) is 0 Å². The van der Waals surface area contributed by atoms with Gasteiger partial charge in [0, 0.05) is 10.9 Å². The van der Waals surface area contributed by atoms with Gasteiger partial charge in [0.1, 0.15) is 0 Å². The van der Waals surface area contributed by atoms with E-state index >= 15 is 0 Å². The molecule has 1 aromatic carbocycles. The Morgan fingerprint density at radius 1 is 1.24 bits per heavy atom. The predicted octanol–water partition coefficient (Wildman–Crippen LogP) is 4.54. The van der Waals surface area contributed by atoms with Gasteiger partial charge < -0.3 is 5.73 Å². The largest absolute Gasteiger partial charge is 0.324 e. The Morgan fingerprint density at radius 3 is 2.53 bits per heavy atom. The molecule has 1 aromatic rings. The lowest BCUT2D eigenvalue weighted by Gasteiger charge is -2.06. The van der Waals surface area contributed by atoms with E-state index in [9.17, 15) is 0 Å². The summed E-state index contributed by atoms with van der Waals surface area (Å²) in [7, 11) is 0. The summed E-state index contributed by atoms with van der Waals surface area (Å²) in [5, 5.41) is 0. The molecule has 0 amide bonds. The third-order valence-corrected chi connectivity index (χ3v) is 3.83. The molecule has 1 rings (SSSR count). The number of hydrogen-bond donors (Lipinski definition) is 1. The molecule has 0 aliphatic carbocycles. The fourth-order valence-corrected chi connectivity index (χ4v) is 2.54. The van der Waals surface area contributed by atoms with Gasteiger partial charge in [0.25, 0.3) is 0 Å². The summed E-state index contributed by atoms with van der Waals surface area (Å²) in [4.78, 5) is 1.35. The SMILES string of the molecule is C=CCCCCCSc1ccc(C(C)N)cc1. The number of unbranched alkanes of at least 4 members (excludes halogenated alkanes) is 3. The maximum atomic E-state index is 5.82. The summed E-state index contributed by atoms with van der Waals surface area (Å²) < 4.78 is 0. The zero-order valence-corrected chi connectivity index (χ0v) is 11.5. The van der Waals surface area contributed by atoms with Gasteiger partial charge in [0.05, 0.1) is 0 Å². The molecule has 2 heteroatoms. The molecule has 1 nitrogen and oxygen atoms in total. The molecule has 1 unspecified atom stereocenters. The zero-order valence-electron chi connectivity index (χ0n) is 10.7. The highest BCUT2D eigenvalue weighted by molar-refractivity contribution is 7.99. The Hall–Kier alpha value is -0.730. The summed E-state index contributed by atoms with van der Waals surface area (Å²) in [6.45, 7) is 5.75. The highest BCUT2D eigenvalue weighted by Gasteiger charge is 1.99. The number of nitrogens with two attached hydrogens (primary N) is 1. The first-order valence-corrected chi connectivity index (χ1v) is 7.32. The summed E-state index contributed by atoms with van der Waals surface area (Å²) in [6, 6.07) is 8.74. The van der Waals surface area contributed by atoms with Crippen molar-refractivity contribution in [2.45, 2.75) is 43.5 Å². The standard InChI is InChI=1S/C15H23NS/c1-3-4-5-6-7-12-17-15-10-8-14(9-11-15)13(2)16/h3,8-11,13H,1,4-7,12,16H2,2H3. The Balaban J connectivity index is 2.21. The van der Waals surface area contributed by atoms with Gasteiger partial charge in [-0.25, -0.2) is 0 Å². The van der Waals surface area contributed by atoms with E-state index in [0.29, 0.717) is 0 Å². The second-order valence-electron chi connectivity index (χ2n) is 4.34. The minimum Gasteiger partial charge on any atom is -0.324 e. The number of hydrogen-bond acceptors (Lipinski definition) is 2. The summed E-state index contributed by atoms with van der Waals surface area (Å²) in [5.74, 6) is 1.20. The van der Waals surface area contributed by atoms with Crippen LogP contribution in [0.5, 0.6) is 0 Å². The average Bonchev–Trinajstić information content (AvgIpc) is 2.34. The number of thioether (sulfide) groups is 1. The van der Waals surface area contributed by atoms with Crippen molar-refractivity contribution >= 4 is 11.8 Å². The smallest absolute Gasteiger partial charge is 0.0266 e. The molecule has 0 aromatic heterocycles. The summed E-state index contributed by atoms with van der Waals surface area (Å²) >= 11 is 1.93. The van der Waals surface area contributed by atoms with Gasteiger partial charge in [-0.15, -0.1) is 18.3 Å². The normalized spacial score (nSPS) is 12.4. The van der Waals surface area contributed by atoms with Gasteiger partial charge in [-0.1, -0.05) is 24.6 Å². The van der Waals surface area contributed by atoms with Crippen molar-refractivity contribution in [2.75, 3.05) is 5.75 Å². The van der Waals surface area contributed by atoms with Crippen LogP contribution in [0.2, 0.25) is 0 Å². The van der Waals surface area contributed by atoms with Crippen LogP contribution < -0.4 is 5.73 Å². The van der Waals surface area contributed by atoms with Crippen molar-refractivity contribution in [3.05, 3.63) is 42.5 Å². The zero-order chi connectivity index (χ0) is 12.5. The molecule has 0 aliphatic rings. The van der Waals surface area contributed by atoms with E-state index in [1.807, 2.05) is 24.8 Å².